The standard InChI is InChI=1S/C12H11Cl2NO2S/c13-6-10-8-15(9-11(10)7-14)18(16,17)12-4-2-1-3-5-12/h1-5,8-9H,6-7H2. The Kier molecular flexibility index (Phi) is 4.00. The number of nitrogens with zero attached hydrogens (tertiary/aromatic N) is 1. The van der Waals surface area contributed by atoms with Gasteiger partial charge in [-0.1, -0.05) is 18.2 Å². The van der Waals surface area contributed by atoms with Crippen molar-refractivity contribution < 1.29 is 8.42 Å². The van der Waals surface area contributed by atoms with E-state index in [1.54, 1.807) is 30.3 Å². The number of hydrogen-bond acceptors (Lipinski definition) is 2. The van der Waals surface area contributed by atoms with E-state index >= 15 is 0 Å². The summed E-state index contributed by atoms with van der Waals surface area (Å²) in [5.74, 6) is 0.471. The molecule has 2 rings (SSSR count). The Hall–Kier alpha value is -0.970. The average Bonchev–Trinajstić information content (AvgIpc) is 2.83. The van der Waals surface area contributed by atoms with Gasteiger partial charge in [0.2, 0.25) is 0 Å². The van der Waals surface area contributed by atoms with Gasteiger partial charge < -0.3 is 0 Å². The van der Waals surface area contributed by atoms with Crippen molar-refractivity contribution in [3.05, 3.63) is 53.9 Å². The zero-order valence-electron chi connectivity index (χ0n) is 9.38. The Labute approximate surface area is 116 Å². The summed E-state index contributed by atoms with van der Waals surface area (Å²) < 4.78 is 25.8. The van der Waals surface area contributed by atoms with Gasteiger partial charge in [0.25, 0.3) is 10.0 Å². The summed E-state index contributed by atoms with van der Waals surface area (Å²) in [7, 11) is -3.56. The van der Waals surface area contributed by atoms with Crippen LogP contribution in [0.4, 0.5) is 0 Å². The third-order valence-electron chi connectivity index (χ3n) is 2.59. The first-order valence-electron chi connectivity index (χ1n) is 5.22. The van der Waals surface area contributed by atoms with Crippen LogP contribution in [0.25, 0.3) is 0 Å². The lowest BCUT2D eigenvalue weighted by molar-refractivity contribution is 0.587. The van der Waals surface area contributed by atoms with Gasteiger partial charge in [0.15, 0.2) is 0 Å². The Morgan fingerprint density at radius 3 is 1.89 bits per heavy atom. The van der Waals surface area contributed by atoms with Crippen molar-refractivity contribution in [3.8, 4) is 0 Å². The zero-order valence-corrected chi connectivity index (χ0v) is 11.7. The molecule has 1 aromatic carbocycles. The fourth-order valence-electron chi connectivity index (χ4n) is 1.60. The summed E-state index contributed by atoms with van der Waals surface area (Å²) in [4.78, 5) is 0.238. The first-order valence-corrected chi connectivity index (χ1v) is 7.73. The van der Waals surface area contributed by atoms with E-state index in [4.69, 9.17) is 23.2 Å². The molecular formula is C12H11Cl2NO2S. The van der Waals surface area contributed by atoms with Crippen LogP contribution in [0, 0.1) is 0 Å². The molecule has 0 saturated carbocycles. The lowest BCUT2D eigenvalue weighted by atomic mass is 10.2. The van der Waals surface area contributed by atoms with Gasteiger partial charge in [-0.15, -0.1) is 23.2 Å². The predicted octanol–water partition coefficient (Wildman–Crippen LogP) is 3.20. The molecule has 0 unspecified atom stereocenters. The van der Waals surface area contributed by atoms with E-state index in [1.807, 2.05) is 0 Å². The summed E-state index contributed by atoms with van der Waals surface area (Å²) >= 11 is 11.5. The van der Waals surface area contributed by atoms with Crippen LogP contribution in [0.5, 0.6) is 0 Å². The van der Waals surface area contributed by atoms with Crippen LogP contribution in [0.3, 0.4) is 0 Å². The lowest BCUT2D eigenvalue weighted by Gasteiger charge is -2.04. The SMILES string of the molecule is O=S(=O)(c1ccccc1)n1cc(CCl)c(CCl)c1. The molecule has 0 aliphatic rings. The highest BCUT2D eigenvalue weighted by molar-refractivity contribution is 7.90. The molecule has 0 amide bonds. The van der Waals surface area contributed by atoms with Crippen molar-refractivity contribution in [2.24, 2.45) is 0 Å². The molecule has 0 radical (unpaired) electrons. The summed E-state index contributed by atoms with van der Waals surface area (Å²) in [6.45, 7) is 0. The molecule has 1 aromatic heterocycles. The molecule has 0 spiro atoms. The minimum absolute atomic E-state index is 0.235. The third-order valence-corrected chi connectivity index (χ3v) is 4.79. The largest absolute Gasteiger partial charge is 0.267 e. The normalized spacial score (nSPS) is 11.7. The summed E-state index contributed by atoms with van der Waals surface area (Å²) in [6, 6.07) is 8.23. The van der Waals surface area contributed by atoms with Crippen molar-refractivity contribution in [2.75, 3.05) is 0 Å². The van der Waals surface area contributed by atoms with Crippen molar-refractivity contribution in [2.45, 2.75) is 16.7 Å². The second kappa shape index (κ2) is 5.34. The molecule has 18 heavy (non-hydrogen) atoms. The number of aromatic nitrogens is 1. The van der Waals surface area contributed by atoms with Gasteiger partial charge in [0, 0.05) is 24.2 Å². The predicted molar refractivity (Wildman–Crippen MR) is 72.6 cm³/mol. The smallest absolute Gasteiger partial charge is 0.248 e. The monoisotopic (exact) mass is 303 g/mol. The van der Waals surface area contributed by atoms with E-state index in [0.29, 0.717) is 0 Å². The fourth-order valence-corrected chi connectivity index (χ4v) is 3.36. The van der Waals surface area contributed by atoms with Gasteiger partial charge in [-0.05, 0) is 23.3 Å². The van der Waals surface area contributed by atoms with Crippen LogP contribution in [-0.4, -0.2) is 12.4 Å². The van der Waals surface area contributed by atoms with E-state index < -0.39 is 10.0 Å². The van der Waals surface area contributed by atoms with E-state index in [9.17, 15) is 8.42 Å². The second-order valence-corrected chi connectivity index (χ2v) is 6.10. The molecule has 0 atom stereocenters. The van der Waals surface area contributed by atoms with Gasteiger partial charge in [0.05, 0.1) is 4.90 Å². The van der Waals surface area contributed by atoms with Gasteiger partial charge in [0.1, 0.15) is 0 Å². The molecule has 1 heterocycles. The van der Waals surface area contributed by atoms with E-state index in [1.165, 1.54) is 12.4 Å². The van der Waals surface area contributed by atoms with Crippen LogP contribution in [0.1, 0.15) is 11.1 Å². The Morgan fingerprint density at radius 2 is 1.44 bits per heavy atom. The van der Waals surface area contributed by atoms with Crippen LogP contribution < -0.4 is 0 Å². The number of hydrogen-bond donors (Lipinski definition) is 0. The van der Waals surface area contributed by atoms with E-state index in [2.05, 4.69) is 0 Å². The molecule has 2 aromatic rings. The van der Waals surface area contributed by atoms with Crippen molar-refractivity contribution in [1.82, 2.24) is 3.97 Å². The van der Waals surface area contributed by atoms with Crippen LogP contribution in [0.15, 0.2) is 47.6 Å². The molecule has 0 bridgehead atoms. The van der Waals surface area contributed by atoms with E-state index in [0.717, 1.165) is 15.1 Å². The molecular weight excluding hydrogens is 293 g/mol. The summed E-state index contributed by atoms with van der Waals surface area (Å²) in [5.41, 5.74) is 1.46. The highest BCUT2D eigenvalue weighted by Crippen LogP contribution is 2.20. The van der Waals surface area contributed by atoms with Crippen LogP contribution >= 0.6 is 23.2 Å². The maximum Gasteiger partial charge on any atom is 0.267 e. The Bertz CT molecular complexity index is 614. The zero-order chi connectivity index (χ0) is 13.2. The molecule has 0 fully saturated rings. The Balaban J connectivity index is 2.52. The first kappa shape index (κ1) is 13.5. The third kappa shape index (κ3) is 2.41. The molecule has 3 nitrogen and oxygen atoms in total. The maximum atomic E-state index is 12.3. The minimum atomic E-state index is -3.56. The summed E-state index contributed by atoms with van der Waals surface area (Å²) in [6.07, 6.45) is 3.01. The van der Waals surface area contributed by atoms with Gasteiger partial charge in [-0.3, -0.25) is 0 Å². The van der Waals surface area contributed by atoms with Gasteiger partial charge in [-0.2, -0.15) is 0 Å². The van der Waals surface area contributed by atoms with E-state index in [-0.39, 0.29) is 16.7 Å². The highest BCUT2D eigenvalue weighted by Gasteiger charge is 2.18. The molecule has 0 saturated heterocycles. The molecule has 6 heteroatoms. The van der Waals surface area contributed by atoms with Gasteiger partial charge >= 0.3 is 0 Å². The highest BCUT2D eigenvalue weighted by atomic mass is 35.5. The Morgan fingerprint density at radius 1 is 0.944 bits per heavy atom. The number of benzene rings is 1. The first-order chi connectivity index (χ1) is 8.59. The van der Waals surface area contributed by atoms with Crippen molar-refractivity contribution >= 4 is 33.2 Å². The fraction of sp³-hybridized carbons (Fsp3) is 0.167. The van der Waals surface area contributed by atoms with Crippen LogP contribution in [-0.2, 0) is 21.8 Å². The van der Waals surface area contributed by atoms with Crippen molar-refractivity contribution in [1.29, 1.82) is 0 Å². The molecule has 96 valence electrons. The number of rotatable bonds is 4. The summed E-state index contributed by atoms with van der Waals surface area (Å²) in [5, 5.41) is 0. The lowest BCUT2D eigenvalue weighted by Crippen LogP contribution is -2.10. The number of alkyl halides is 2. The maximum absolute atomic E-state index is 12.3. The molecule has 0 aliphatic heterocycles. The van der Waals surface area contributed by atoms with Crippen LogP contribution in [0.2, 0.25) is 0 Å². The second-order valence-electron chi connectivity index (χ2n) is 3.72. The quantitative estimate of drug-likeness (QED) is 0.814. The average molecular weight is 304 g/mol. The minimum Gasteiger partial charge on any atom is -0.248 e. The van der Waals surface area contributed by atoms with Gasteiger partial charge in [-0.25, -0.2) is 12.4 Å². The van der Waals surface area contributed by atoms with Crippen molar-refractivity contribution in [3.63, 3.8) is 0 Å². The topological polar surface area (TPSA) is 39.1 Å². The molecule has 0 aliphatic carbocycles. The number of halogens is 2. The molecule has 0 N–H and O–H groups in total.